The summed E-state index contributed by atoms with van der Waals surface area (Å²) in [6.07, 6.45) is 1.20. The van der Waals surface area contributed by atoms with Crippen molar-refractivity contribution < 1.29 is 4.74 Å². The van der Waals surface area contributed by atoms with Gasteiger partial charge in [-0.3, -0.25) is 0 Å². The molecule has 1 aromatic carbocycles. The first kappa shape index (κ1) is 10.7. The van der Waals surface area contributed by atoms with Crippen molar-refractivity contribution in [3.8, 4) is 0 Å². The normalized spacial score (nSPS) is 24.1. The summed E-state index contributed by atoms with van der Waals surface area (Å²) in [4.78, 5) is 0. The van der Waals surface area contributed by atoms with Crippen molar-refractivity contribution in [1.29, 1.82) is 0 Å². The lowest BCUT2D eigenvalue weighted by atomic mass is 10.0. The van der Waals surface area contributed by atoms with E-state index in [1.54, 1.807) is 7.11 Å². The highest BCUT2D eigenvalue weighted by Crippen LogP contribution is 2.35. The summed E-state index contributed by atoms with van der Waals surface area (Å²) in [5, 5.41) is 3.56. The van der Waals surface area contributed by atoms with Crippen molar-refractivity contribution >= 4 is 0 Å². The van der Waals surface area contributed by atoms with Gasteiger partial charge in [0.25, 0.3) is 0 Å². The van der Waals surface area contributed by atoms with E-state index in [9.17, 15) is 0 Å². The number of rotatable bonds is 4. The van der Waals surface area contributed by atoms with Gasteiger partial charge in [-0.15, -0.1) is 0 Å². The van der Waals surface area contributed by atoms with Crippen LogP contribution in [-0.4, -0.2) is 20.3 Å². The molecule has 0 heterocycles. The molecule has 2 rings (SSSR count). The zero-order valence-corrected chi connectivity index (χ0v) is 9.49. The molecule has 1 aliphatic rings. The van der Waals surface area contributed by atoms with Crippen LogP contribution in [0.25, 0.3) is 0 Å². The zero-order chi connectivity index (χ0) is 10.7. The third kappa shape index (κ3) is 2.21. The molecule has 0 aromatic heterocycles. The van der Waals surface area contributed by atoms with Crippen LogP contribution >= 0.6 is 0 Å². The summed E-state index contributed by atoms with van der Waals surface area (Å²) in [6, 6.07) is 9.24. The summed E-state index contributed by atoms with van der Waals surface area (Å²) < 4.78 is 5.06. The minimum atomic E-state index is 0.511. The van der Waals surface area contributed by atoms with E-state index in [1.807, 2.05) is 0 Å². The van der Waals surface area contributed by atoms with Crippen LogP contribution in [0.3, 0.4) is 0 Å². The van der Waals surface area contributed by atoms with Gasteiger partial charge in [-0.2, -0.15) is 0 Å². The van der Waals surface area contributed by atoms with Crippen molar-refractivity contribution in [3.05, 3.63) is 35.4 Å². The van der Waals surface area contributed by atoms with E-state index in [1.165, 1.54) is 17.5 Å². The van der Waals surface area contributed by atoms with Crippen molar-refractivity contribution in [2.75, 3.05) is 20.3 Å². The Morgan fingerprint density at radius 3 is 3.00 bits per heavy atom. The average Bonchev–Trinajstić information content (AvgIpc) is 2.56. The molecule has 2 heteroatoms. The molecule has 1 aromatic rings. The average molecular weight is 205 g/mol. The van der Waals surface area contributed by atoms with E-state index >= 15 is 0 Å². The molecule has 2 atom stereocenters. The fourth-order valence-electron chi connectivity index (χ4n) is 2.42. The lowest BCUT2D eigenvalue weighted by Gasteiger charge is -2.18. The minimum Gasteiger partial charge on any atom is -0.383 e. The number of ether oxygens (including phenoxy) is 1. The molecule has 0 saturated heterocycles. The fraction of sp³-hybridized carbons (Fsp3) is 0.538. The first-order valence-electron chi connectivity index (χ1n) is 5.63. The maximum Gasteiger partial charge on any atom is 0.0587 e. The van der Waals surface area contributed by atoms with Gasteiger partial charge in [-0.1, -0.05) is 31.2 Å². The van der Waals surface area contributed by atoms with Crippen molar-refractivity contribution in [3.63, 3.8) is 0 Å². The molecular formula is C13H19NO. The lowest BCUT2D eigenvalue weighted by molar-refractivity contribution is 0.192. The predicted octanol–water partition coefficient (Wildman–Crippen LogP) is 2.16. The summed E-state index contributed by atoms with van der Waals surface area (Å²) in [5.74, 6) is 0.694. The smallest absolute Gasteiger partial charge is 0.0587 e. The van der Waals surface area contributed by atoms with Gasteiger partial charge in [-0.25, -0.2) is 0 Å². The largest absolute Gasteiger partial charge is 0.383 e. The first-order chi connectivity index (χ1) is 7.33. The van der Waals surface area contributed by atoms with Crippen LogP contribution in [0, 0.1) is 5.92 Å². The van der Waals surface area contributed by atoms with E-state index in [2.05, 4.69) is 36.5 Å². The number of benzene rings is 1. The molecule has 0 saturated carbocycles. The van der Waals surface area contributed by atoms with Gasteiger partial charge in [0.2, 0.25) is 0 Å². The number of nitrogens with one attached hydrogen (secondary N) is 1. The number of hydrogen-bond donors (Lipinski definition) is 1. The van der Waals surface area contributed by atoms with Gasteiger partial charge in [0.05, 0.1) is 6.61 Å². The second-order valence-electron chi connectivity index (χ2n) is 4.30. The number of fused-ring (bicyclic) bond motifs is 1. The van der Waals surface area contributed by atoms with Gasteiger partial charge in [0.1, 0.15) is 0 Å². The quantitative estimate of drug-likeness (QED) is 0.760. The summed E-state index contributed by atoms with van der Waals surface area (Å²) in [6.45, 7) is 4.02. The van der Waals surface area contributed by atoms with Crippen LogP contribution in [0.15, 0.2) is 24.3 Å². The van der Waals surface area contributed by atoms with Crippen LogP contribution in [0.2, 0.25) is 0 Å². The maximum atomic E-state index is 5.06. The second kappa shape index (κ2) is 4.77. The van der Waals surface area contributed by atoms with Gasteiger partial charge in [-0.05, 0) is 23.5 Å². The SMILES string of the molecule is COCCNC1c2ccccc2CC1C. The monoisotopic (exact) mass is 205 g/mol. The molecule has 0 amide bonds. The third-order valence-electron chi connectivity index (χ3n) is 3.17. The Hall–Kier alpha value is -0.860. The van der Waals surface area contributed by atoms with E-state index in [0.29, 0.717) is 12.0 Å². The molecule has 1 N–H and O–H groups in total. The Morgan fingerprint density at radius 2 is 2.20 bits per heavy atom. The van der Waals surface area contributed by atoms with E-state index < -0.39 is 0 Å². The highest BCUT2D eigenvalue weighted by molar-refractivity contribution is 5.35. The lowest BCUT2D eigenvalue weighted by Crippen LogP contribution is -2.27. The van der Waals surface area contributed by atoms with Gasteiger partial charge < -0.3 is 10.1 Å². The molecule has 1 aliphatic carbocycles. The van der Waals surface area contributed by atoms with Crippen LogP contribution in [-0.2, 0) is 11.2 Å². The van der Waals surface area contributed by atoms with Crippen molar-refractivity contribution in [2.45, 2.75) is 19.4 Å². The Kier molecular flexibility index (Phi) is 3.39. The van der Waals surface area contributed by atoms with Crippen molar-refractivity contribution in [1.82, 2.24) is 5.32 Å². The van der Waals surface area contributed by atoms with E-state index in [4.69, 9.17) is 4.74 Å². The Bertz CT molecular complexity index is 324. The number of hydrogen-bond acceptors (Lipinski definition) is 2. The first-order valence-corrected chi connectivity index (χ1v) is 5.63. The van der Waals surface area contributed by atoms with Crippen LogP contribution in [0.1, 0.15) is 24.1 Å². The Labute approximate surface area is 91.6 Å². The molecule has 2 unspecified atom stereocenters. The van der Waals surface area contributed by atoms with Gasteiger partial charge in [0.15, 0.2) is 0 Å². The highest BCUT2D eigenvalue weighted by Gasteiger charge is 2.27. The van der Waals surface area contributed by atoms with Crippen LogP contribution in [0.4, 0.5) is 0 Å². The van der Waals surface area contributed by atoms with Gasteiger partial charge in [0, 0.05) is 19.7 Å². The van der Waals surface area contributed by atoms with Crippen LogP contribution in [0.5, 0.6) is 0 Å². The van der Waals surface area contributed by atoms with Crippen molar-refractivity contribution in [2.24, 2.45) is 5.92 Å². The molecular weight excluding hydrogens is 186 g/mol. The maximum absolute atomic E-state index is 5.06. The summed E-state index contributed by atoms with van der Waals surface area (Å²) in [7, 11) is 1.74. The Morgan fingerprint density at radius 1 is 1.40 bits per heavy atom. The molecule has 0 bridgehead atoms. The molecule has 15 heavy (non-hydrogen) atoms. The summed E-state index contributed by atoms with van der Waals surface area (Å²) >= 11 is 0. The van der Waals surface area contributed by atoms with Crippen LogP contribution < -0.4 is 5.32 Å². The van der Waals surface area contributed by atoms with E-state index in [0.717, 1.165) is 13.2 Å². The molecule has 0 radical (unpaired) electrons. The zero-order valence-electron chi connectivity index (χ0n) is 9.49. The molecule has 0 spiro atoms. The Balaban J connectivity index is 2.05. The molecule has 82 valence electrons. The van der Waals surface area contributed by atoms with Gasteiger partial charge >= 0.3 is 0 Å². The standard InChI is InChI=1S/C13H19NO/c1-10-9-11-5-3-4-6-12(11)13(10)14-7-8-15-2/h3-6,10,13-14H,7-9H2,1-2H3. The third-order valence-corrected chi connectivity index (χ3v) is 3.17. The van der Waals surface area contributed by atoms with E-state index in [-0.39, 0.29) is 0 Å². The number of methoxy groups -OCH3 is 1. The minimum absolute atomic E-state index is 0.511. The topological polar surface area (TPSA) is 21.3 Å². The molecule has 2 nitrogen and oxygen atoms in total. The molecule has 0 aliphatic heterocycles. The predicted molar refractivity (Wildman–Crippen MR) is 61.9 cm³/mol. The fourth-order valence-corrected chi connectivity index (χ4v) is 2.42. The molecule has 0 fully saturated rings. The summed E-state index contributed by atoms with van der Waals surface area (Å²) in [5.41, 5.74) is 2.97. The highest BCUT2D eigenvalue weighted by atomic mass is 16.5. The second-order valence-corrected chi connectivity index (χ2v) is 4.30.